The molecule has 2 N–H and O–H groups in total. The van der Waals surface area contributed by atoms with Gasteiger partial charge in [-0.1, -0.05) is 6.08 Å². The van der Waals surface area contributed by atoms with Gasteiger partial charge < -0.3 is 10.5 Å². The first-order chi connectivity index (χ1) is 8.06. The van der Waals surface area contributed by atoms with E-state index in [0.717, 1.165) is 0 Å². The van der Waals surface area contributed by atoms with Crippen molar-refractivity contribution in [3.05, 3.63) is 30.0 Å². The fraction of sp³-hybridized carbons (Fsp3) is 0.455. The van der Waals surface area contributed by atoms with Crippen LogP contribution in [0.15, 0.2) is 28.5 Å². The van der Waals surface area contributed by atoms with E-state index in [4.69, 9.17) is 10.5 Å². The van der Waals surface area contributed by atoms with Gasteiger partial charge in [-0.3, -0.25) is 4.99 Å². The van der Waals surface area contributed by atoms with Gasteiger partial charge in [-0.15, -0.1) is 0 Å². The lowest BCUT2D eigenvalue weighted by Crippen LogP contribution is -2.49. The number of rotatable bonds is 2. The van der Waals surface area contributed by atoms with Gasteiger partial charge in [-0.25, -0.2) is 13.2 Å². The number of alkyl halides is 2. The minimum absolute atomic E-state index is 0.00318. The maximum absolute atomic E-state index is 13.6. The lowest BCUT2D eigenvalue weighted by atomic mass is 9.86. The Morgan fingerprint density at radius 2 is 2.24 bits per heavy atom. The molecule has 0 fully saturated rings. The van der Waals surface area contributed by atoms with Crippen molar-refractivity contribution in [1.82, 2.24) is 0 Å². The summed E-state index contributed by atoms with van der Waals surface area (Å²) < 4.78 is 45.0. The average Bonchev–Trinajstić information content (AvgIpc) is 2.29. The van der Waals surface area contributed by atoms with Crippen LogP contribution in [0.5, 0.6) is 0 Å². The second-order valence-electron chi connectivity index (χ2n) is 3.92. The van der Waals surface area contributed by atoms with Crippen LogP contribution in [-0.2, 0) is 4.74 Å². The van der Waals surface area contributed by atoms with Crippen LogP contribution < -0.4 is 5.73 Å². The number of hydrogen-bond acceptors (Lipinski definition) is 3. The third-order valence-corrected chi connectivity index (χ3v) is 2.72. The first-order valence-corrected chi connectivity index (χ1v) is 5.16. The Labute approximate surface area is 96.8 Å². The number of halogens is 3. The molecule has 6 heteroatoms. The molecule has 0 bridgehead atoms. The molecule has 93 valence electrons. The van der Waals surface area contributed by atoms with E-state index in [9.17, 15) is 13.2 Å². The molecule has 1 radical (unpaired) electrons. The van der Waals surface area contributed by atoms with E-state index in [1.54, 1.807) is 6.42 Å². The predicted octanol–water partition coefficient (Wildman–Crippen LogP) is 1.77. The Morgan fingerprint density at radius 3 is 2.82 bits per heavy atom. The first-order valence-electron chi connectivity index (χ1n) is 5.16. The molecule has 0 saturated heterocycles. The number of hydrogen-bond donors (Lipinski definition) is 1. The van der Waals surface area contributed by atoms with Crippen molar-refractivity contribution in [1.29, 1.82) is 0 Å². The molecule has 0 spiro atoms. The summed E-state index contributed by atoms with van der Waals surface area (Å²) in [5.74, 6) is -0.731. The lowest BCUT2D eigenvalue weighted by molar-refractivity contribution is 0.00802. The Morgan fingerprint density at radius 1 is 1.47 bits per heavy atom. The molecular formula is C11H12F3N2O. The Bertz CT molecular complexity index is 404. The van der Waals surface area contributed by atoms with Crippen molar-refractivity contribution < 1.29 is 17.9 Å². The zero-order valence-electron chi connectivity index (χ0n) is 9.00. The van der Waals surface area contributed by atoms with Gasteiger partial charge in [0.05, 0.1) is 6.61 Å². The SMILES string of the molecule is NC1=N[C@@](C2=C[CH]CC=C2F)(C(F)F)COC1. The van der Waals surface area contributed by atoms with E-state index < -0.39 is 17.8 Å². The number of aliphatic imine (C=N–C) groups is 1. The Kier molecular flexibility index (Phi) is 3.24. The van der Waals surface area contributed by atoms with Crippen LogP contribution in [0.4, 0.5) is 13.2 Å². The number of nitrogens with two attached hydrogens (primary N) is 1. The summed E-state index contributed by atoms with van der Waals surface area (Å²) in [6.07, 6.45) is 1.67. The third kappa shape index (κ3) is 2.09. The van der Waals surface area contributed by atoms with Crippen molar-refractivity contribution in [2.24, 2.45) is 10.7 Å². The highest BCUT2D eigenvalue weighted by Gasteiger charge is 2.47. The van der Waals surface area contributed by atoms with Gasteiger partial charge in [0.2, 0.25) is 0 Å². The number of nitrogens with zero attached hydrogens (tertiary/aromatic N) is 1. The molecule has 0 saturated carbocycles. The standard InChI is InChI=1S/C11H12F3N2O/c12-8-4-2-1-3-7(8)11(10(13)14)6-17-5-9(15)16-11/h1,3-4,10H,2,5-6H2,(H2,15,16)/t11-/m0/s1. The minimum atomic E-state index is -2.88. The molecule has 1 aliphatic heterocycles. The second-order valence-corrected chi connectivity index (χ2v) is 3.92. The highest BCUT2D eigenvalue weighted by atomic mass is 19.3. The van der Waals surface area contributed by atoms with E-state index >= 15 is 0 Å². The van der Waals surface area contributed by atoms with Crippen LogP contribution in [-0.4, -0.2) is 31.0 Å². The molecule has 0 unspecified atom stereocenters. The summed E-state index contributed by atoms with van der Waals surface area (Å²) in [6.45, 7) is -0.372. The molecule has 0 aromatic carbocycles. The van der Waals surface area contributed by atoms with Crippen LogP contribution in [0.3, 0.4) is 0 Å². The normalized spacial score (nSPS) is 29.8. The first kappa shape index (κ1) is 12.2. The van der Waals surface area contributed by atoms with Gasteiger partial charge in [-0.05, 0) is 18.9 Å². The number of ether oxygens (including phenoxy) is 1. The molecule has 17 heavy (non-hydrogen) atoms. The summed E-state index contributed by atoms with van der Waals surface area (Å²) in [5.41, 5.74) is 3.23. The van der Waals surface area contributed by atoms with E-state index in [1.165, 1.54) is 12.2 Å². The number of allylic oxidation sites excluding steroid dienone is 2. The molecule has 1 heterocycles. The van der Waals surface area contributed by atoms with Gasteiger partial charge in [0.15, 0.2) is 5.54 Å². The predicted molar refractivity (Wildman–Crippen MR) is 57.4 cm³/mol. The highest BCUT2D eigenvalue weighted by molar-refractivity contribution is 5.83. The molecule has 2 rings (SSSR count). The Balaban J connectivity index is 2.45. The van der Waals surface area contributed by atoms with Crippen molar-refractivity contribution in [2.75, 3.05) is 13.2 Å². The van der Waals surface area contributed by atoms with E-state index in [2.05, 4.69) is 4.99 Å². The van der Waals surface area contributed by atoms with Crippen molar-refractivity contribution >= 4 is 5.84 Å². The minimum Gasteiger partial charge on any atom is -0.385 e. The number of amidine groups is 1. The average molecular weight is 245 g/mol. The van der Waals surface area contributed by atoms with Gasteiger partial charge in [0, 0.05) is 5.57 Å². The summed E-state index contributed by atoms with van der Waals surface area (Å²) >= 11 is 0. The van der Waals surface area contributed by atoms with Gasteiger partial charge in [-0.2, -0.15) is 0 Å². The van der Waals surface area contributed by atoms with E-state index in [1.807, 2.05) is 0 Å². The molecule has 0 aromatic rings. The summed E-state index contributed by atoms with van der Waals surface area (Å²) in [4.78, 5) is 3.74. The van der Waals surface area contributed by atoms with E-state index in [-0.39, 0.29) is 24.6 Å². The highest BCUT2D eigenvalue weighted by Crippen LogP contribution is 2.38. The fourth-order valence-corrected chi connectivity index (χ4v) is 1.90. The lowest BCUT2D eigenvalue weighted by Gasteiger charge is -2.35. The van der Waals surface area contributed by atoms with Crippen LogP contribution in [0.25, 0.3) is 0 Å². The van der Waals surface area contributed by atoms with E-state index in [0.29, 0.717) is 6.42 Å². The summed E-state index contributed by atoms with van der Waals surface area (Å²) in [7, 11) is 0. The quantitative estimate of drug-likeness (QED) is 0.805. The molecule has 2 aliphatic rings. The van der Waals surface area contributed by atoms with Crippen molar-refractivity contribution in [3.63, 3.8) is 0 Å². The monoisotopic (exact) mass is 245 g/mol. The van der Waals surface area contributed by atoms with Gasteiger partial charge in [0.1, 0.15) is 18.3 Å². The van der Waals surface area contributed by atoms with Crippen LogP contribution >= 0.6 is 0 Å². The zero-order chi connectivity index (χ0) is 12.5. The molecular weight excluding hydrogens is 233 g/mol. The zero-order valence-corrected chi connectivity index (χ0v) is 9.00. The smallest absolute Gasteiger partial charge is 0.269 e. The fourth-order valence-electron chi connectivity index (χ4n) is 1.90. The summed E-state index contributed by atoms with van der Waals surface area (Å²) in [5, 5.41) is 0. The second kappa shape index (κ2) is 4.52. The maximum atomic E-state index is 13.6. The topological polar surface area (TPSA) is 47.6 Å². The summed E-state index contributed by atoms with van der Waals surface area (Å²) in [6, 6.07) is 0. The maximum Gasteiger partial charge on any atom is 0.269 e. The largest absolute Gasteiger partial charge is 0.385 e. The van der Waals surface area contributed by atoms with Crippen LogP contribution in [0.1, 0.15) is 6.42 Å². The molecule has 1 atom stereocenters. The molecule has 0 aromatic heterocycles. The van der Waals surface area contributed by atoms with Crippen LogP contribution in [0.2, 0.25) is 0 Å². The van der Waals surface area contributed by atoms with Gasteiger partial charge in [0.25, 0.3) is 6.43 Å². The van der Waals surface area contributed by atoms with Crippen molar-refractivity contribution in [3.8, 4) is 0 Å². The molecule has 1 aliphatic carbocycles. The molecule has 0 amide bonds. The van der Waals surface area contributed by atoms with Crippen LogP contribution in [0, 0.1) is 6.42 Å². The third-order valence-electron chi connectivity index (χ3n) is 2.72. The van der Waals surface area contributed by atoms with Gasteiger partial charge >= 0.3 is 0 Å². The Hall–Kier alpha value is -1.30. The molecule has 3 nitrogen and oxygen atoms in total. The van der Waals surface area contributed by atoms with Crippen molar-refractivity contribution in [2.45, 2.75) is 18.4 Å².